The van der Waals surface area contributed by atoms with Gasteiger partial charge in [0.1, 0.15) is 0 Å². The zero-order chi connectivity index (χ0) is 15.9. The van der Waals surface area contributed by atoms with Gasteiger partial charge in [0.05, 0.1) is 0 Å². The molecule has 2 atom stereocenters. The van der Waals surface area contributed by atoms with Crippen LogP contribution in [0.3, 0.4) is 0 Å². The van der Waals surface area contributed by atoms with Crippen molar-refractivity contribution in [1.82, 2.24) is 5.32 Å². The van der Waals surface area contributed by atoms with Crippen molar-refractivity contribution in [2.24, 2.45) is 11.8 Å². The predicted octanol–water partition coefficient (Wildman–Crippen LogP) is 4.65. The van der Waals surface area contributed by atoms with Crippen molar-refractivity contribution < 1.29 is 4.79 Å². The van der Waals surface area contributed by atoms with Crippen molar-refractivity contribution in [2.75, 3.05) is 0 Å². The molecule has 2 aromatic carbocycles. The van der Waals surface area contributed by atoms with Crippen LogP contribution in [0, 0.1) is 11.8 Å². The fourth-order valence-electron chi connectivity index (χ4n) is 2.45. The number of amides is 1. The summed E-state index contributed by atoms with van der Waals surface area (Å²) in [6, 6.07) is 18.6. The van der Waals surface area contributed by atoms with Crippen LogP contribution >= 0.6 is 0 Å². The summed E-state index contributed by atoms with van der Waals surface area (Å²) in [5.41, 5.74) is 3.51. The fraction of sp³-hybridized carbons (Fsp3) is 0.350. The van der Waals surface area contributed by atoms with E-state index < -0.39 is 0 Å². The second-order valence-electron chi connectivity index (χ2n) is 5.96. The summed E-state index contributed by atoms with van der Waals surface area (Å²) < 4.78 is 0. The quantitative estimate of drug-likeness (QED) is 0.825. The Balaban J connectivity index is 2.01. The van der Waals surface area contributed by atoms with Crippen molar-refractivity contribution in [3.05, 3.63) is 60.2 Å². The number of rotatable bonds is 6. The SMILES string of the molecule is CCC(C)C(C)C(=O)NCc1cccc(-c2ccccc2)c1. The average molecular weight is 295 g/mol. The number of nitrogens with one attached hydrogen (secondary N) is 1. The molecule has 0 heterocycles. The van der Waals surface area contributed by atoms with Crippen molar-refractivity contribution in [3.8, 4) is 11.1 Å². The smallest absolute Gasteiger partial charge is 0.223 e. The molecule has 2 unspecified atom stereocenters. The third-order valence-electron chi connectivity index (χ3n) is 4.41. The molecule has 1 amide bonds. The molecule has 1 N–H and O–H groups in total. The predicted molar refractivity (Wildman–Crippen MR) is 92.3 cm³/mol. The summed E-state index contributed by atoms with van der Waals surface area (Å²) in [7, 11) is 0. The van der Waals surface area contributed by atoms with Crippen LogP contribution in [0.25, 0.3) is 11.1 Å². The van der Waals surface area contributed by atoms with E-state index in [1.807, 2.05) is 31.2 Å². The Bertz CT molecular complexity index is 606. The maximum absolute atomic E-state index is 12.2. The minimum Gasteiger partial charge on any atom is -0.352 e. The Morgan fingerprint density at radius 2 is 1.68 bits per heavy atom. The third kappa shape index (κ3) is 4.20. The summed E-state index contributed by atoms with van der Waals surface area (Å²) >= 11 is 0. The highest BCUT2D eigenvalue weighted by molar-refractivity contribution is 5.78. The Morgan fingerprint density at radius 1 is 1.00 bits per heavy atom. The van der Waals surface area contributed by atoms with Gasteiger partial charge in [-0.05, 0) is 28.7 Å². The molecule has 0 bridgehead atoms. The topological polar surface area (TPSA) is 29.1 Å². The molecule has 0 aliphatic heterocycles. The molecule has 2 aromatic rings. The van der Waals surface area contributed by atoms with Crippen LogP contribution in [0.15, 0.2) is 54.6 Å². The number of benzene rings is 2. The summed E-state index contributed by atoms with van der Waals surface area (Å²) in [5.74, 6) is 0.609. The minimum absolute atomic E-state index is 0.0577. The highest BCUT2D eigenvalue weighted by Gasteiger charge is 2.18. The first-order valence-corrected chi connectivity index (χ1v) is 8.04. The molecule has 0 saturated carbocycles. The minimum atomic E-state index is 0.0577. The molecule has 0 fully saturated rings. The van der Waals surface area contributed by atoms with Gasteiger partial charge in [-0.1, -0.05) is 75.7 Å². The fourth-order valence-corrected chi connectivity index (χ4v) is 2.45. The molecule has 0 aliphatic carbocycles. The highest BCUT2D eigenvalue weighted by atomic mass is 16.1. The molecule has 2 rings (SSSR count). The molecule has 2 nitrogen and oxygen atoms in total. The van der Waals surface area contributed by atoms with Gasteiger partial charge in [-0.25, -0.2) is 0 Å². The molecule has 0 aliphatic rings. The normalized spacial score (nSPS) is 13.4. The zero-order valence-electron chi connectivity index (χ0n) is 13.7. The maximum atomic E-state index is 12.2. The standard InChI is InChI=1S/C20H25NO/c1-4-15(2)16(3)20(22)21-14-17-9-8-12-19(13-17)18-10-6-5-7-11-18/h5-13,15-16H,4,14H2,1-3H3,(H,21,22). The zero-order valence-corrected chi connectivity index (χ0v) is 13.7. The summed E-state index contributed by atoms with van der Waals surface area (Å²) in [6.07, 6.45) is 1.03. The van der Waals surface area contributed by atoms with E-state index in [-0.39, 0.29) is 11.8 Å². The first-order chi connectivity index (χ1) is 10.6. The Kier molecular flexibility index (Phi) is 5.76. The first kappa shape index (κ1) is 16.3. The van der Waals surface area contributed by atoms with Gasteiger partial charge in [0, 0.05) is 12.5 Å². The van der Waals surface area contributed by atoms with E-state index in [0.717, 1.165) is 12.0 Å². The molecule has 116 valence electrons. The van der Waals surface area contributed by atoms with Crippen LogP contribution in [0.4, 0.5) is 0 Å². The molecule has 0 spiro atoms. The van der Waals surface area contributed by atoms with Gasteiger partial charge in [0.15, 0.2) is 0 Å². The monoisotopic (exact) mass is 295 g/mol. The summed E-state index contributed by atoms with van der Waals surface area (Å²) in [4.78, 5) is 12.2. The molecule has 0 aromatic heterocycles. The highest BCUT2D eigenvalue weighted by Crippen LogP contribution is 2.20. The lowest BCUT2D eigenvalue weighted by molar-refractivity contribution is -0.126. The maximum Gasteiger partial charge on any atom is 0.223 e. The average Bonchev–Trinajstić information content (AvgIpc) is 2.59. The lowest BCUT2D eigenvalue weighted by atomic mass is 9.93. The van der Waals surface area contributed by atoms with Crippen LogP contribution in [-0.4, -0.2) is 5.91 Å². The van der Waals surface area contributed by atoms with Crippen LogP contribution < -0.4 is 5.32 Å². The van der Waals surface area contributed by atoms with Gasteiger partial charge < -0.3 is 5.32 Å². The van der Waals surface area contributed by atoms with E-state index in [4.69, 9.17) is 0 Å². The van der Waals surface area contributed by atoms with Crippen molar-refractivity contribution in [3.63, 3.8) is 0 Å². The van der Waals surface area contributed by atoms with E-state index in [1.165, 1.54) is 11.1 Å². The molecular formula is C20H25NO. The number of carbonyl (C=O) groups is 1. The van der Waals surface area contributed by atoms with Crippen LogP contribution in [0.1, 0.15) is 32.8 Å². The molecular weight excluding hydrogens is 270 g/mol. The van der Waals surface area contributed by atoms with Gasteiger partial charge >= 0.3 is 0 Å². The number of hydrogen-bond acceptors (Lipinski definition) is 1. The van der Waals surface area contributed by atoms with Gasteiger partial charge in [0.25, 0.3) is 0 Å². The lowest BCUT2D eigenvalue weighted by Crippen LogP contribution is -2.31. The van der Waals surface area contributed by atoms with E-state index >= 15 is 0 Å². The third-order valence-corrected chi connectivity index (χ3v) is 4.41. The van der Waals surface area contributed by atoms with Crippen molar-refractivity contribution in [1.29, 1.82) is 0 Å². The van der Waals surface area contributed by atoms with Crippen molar-refractivity contribution in [2.45, 2.75) is 33.7 Å². The van der Waals surface area contributed by atoms with E-state index in [1.54, 1.807) is 0 Å². The summed E-state index contributed by atoms with van der Waals surface area (Å²) in [6.45, 7) is 6.84. The Labute approximate surface area is 133 Å². The Morgan fingerprint density at radius 3 is 2.36 bits per heavy atom. The van der Waals surface area contributed by atoms with E-state index in [9.17, 15) is 4.79 Å². The number of carbonyl (C=O) groups excluding carboxylic acids is 1. The lowest BCUT2D eigenvalue weighted by Gasteiger charge is -2.18. The van der Waals surface area contributed by atoms with Crippen LogP contribution in [-0.2, 0) is 11.3 Å². The van der Waals surface area contributed by atoms with E-state index in [2.05, 4.69) is 49.5 Å². The van der Waals surface area contributed by atoms with Gasteiger partial charge in [-0.15, -0.1) is 0 Å². The second kappa shape index (κ2) is 7.79. The molecule has 0 saturated heterocycles. The van der Waals surface area contributed by atoms with Gasteiger partial charge in [-0.3, -0.25) is 4.79 Å². The van der Waals surface area contributed by atoms with Crippen molar-refractivity contribution >= 4 is 5.91 Å². The van der Waals surface area contributed by atoms with Gasteiger partial charge in [-0.2, -0.15) is 0 Å². The first-order valence-electron chi connectivity index (χ1n) is 8.04. The number of hydrogen-bond donors (Lipinski definition) is 1. The van der Waals surface area contributed by atoms with Gasteiger partial charge in [0.2, 0.25) is 5.91 Å². The largest absolute Gasteiger partial charge is 0.352 e. The molecule has 2 heteroatoms. The molecule has 0 radical (unpaired) electrons. The Hall–Kier alpha value is -2.09. The van der Waals surface area contributed by atoms with Crippen LogP contribution in [0.2, 0.25) is 0 Å². The summed E-state index contributed by atoms with van der Waals surface area (Å²) in [5, 5.41) is 3.05. The van der Waals surface area contributed by atoms with E-state index in [0.29, 0.717) is 12.5 Å². The second-order valence-corrected chi connectivity index (χ2v) is 5.96. The molecule has 22 heavy (non-hydrogen) atoms. The van der Waals surface area contributed by atoms with Crippen LogP contribution in [0.5, 0.6) is 0 Å².